The highest BCUT2D eigenvalue weighted by Crippen LogP contribution is 2.33. The van der Waals surface area contributed by atoms with E-state index in [9.17, 15) is 18.4 Å². The second-order valence-electron chi connectivity index (χ2n) is 4.60. The van der Waals surface area contributed by atoms with Crippen LogP contribution in [0.4, 0.5) is 14.5 Å². The highest BCUT2D eigenvalue weighted by Gasteiger charge is 2.37. The zero-order valence-electron chi connectivity index (χ0n) is 10.0. The van der Waals surface area contributed by atoms with Gasteiger partial charge in [-0.25, -0.2) is 8.78 Å². The van der Waals surface area contributed by atoms with Crippen LogP contribution in [0.2, 0.25) is 0 Å². The zero-order chi connectivity index (χ0) is 14.0. The van der Waals surface area contributed by atoms with Crippen LogP contribution < -0.4 is 5.32 Å². The molecule has 0 radical (unpaired) electrons. The average Bonchev–Trinajstić information content (AvgIpc) is 2.83. The summed E-state index contributed by atoms with van der Waals surface area (Å²) in [6, 6.07) is 2.73. The molecule has 1 aromatic carbocycles. The van der Waals surface area contributed by atoms with Gasteiger partial charge in [0.2, 0.25) is 5.91 Å². The van der Waals surface area contributed by atoms with Crippen LogP contribution in [0.3, 0.4) is 0 Å². The van der Waals surface area contributed by atoms with E-state index < -0.39 is 35.3 Å². The maximum atomic E-state index is 13.4. The summed E-state index contributed by atoms with van der Waals surface area (Å²) in [5, 5.41) is 11.2. The molecule has 1 fully saturated rings. The first-order chi connectivity index (χ1) is 8.99. The van der Waals surface area contributed by atoms with Gasteiger partial charge in [0.15, 0.2) is 0 Å². The standard InChI is InChI=1S/C13H13F2NO3/c14-7-4-5-10(15)11(6-7)16-12(17)8-2-1-3-9(8)13(18)19/h4-6,8-9H,1-3H2,(H,16,17)(H,18,19). The first-order valence-corrected chi connectivity index (χ1v) is 5.98. The lowest BCUT2D eigenvalue weighted by molar-refractivity contribution is -0.145. The molecule has 0 aliphatic heterocycles. The molecule has 2 atom stereocenters. The predicted molar refractivity (Wildman–Crippen MR) is 63.5 cm³/mol. The third-order valence-corrected chi connectivity index (χ3v) is 3.36. The summed E-state index contributed by atoms with van der Waals surface area (Å²) in [6.07, 6.45) is 1.51. The SMILES string of the molecule is O=C(O)C1CCCC1C(=O)Nc1cc(F)ccc1F. The van der Waals surface area contributed by atoms with Gasteiger partial charge in [0.25, 0.3) is 0 Å². The van der Waals surface area contributed by atoms with Crippen LogP contribution in [0.15, 0.2) is 18.2 Å². The zero-order valence-corrected chi connectivity index (χ0v) is 10.0. The minimum atomic E-state index is -1.03. The van der Waals surface area contributed by atoms with E-state index in [1.165, 1.54) is 0 Å². The average molecular weight is 269 g/mol. The van der Waals surface area contributed by atoms with Gasteiger partial charge in [0.05, 0.1) is 17.5 Å². The lowest BCUT2D eigenvalue weighted by Crippen LogP contribution is -2.30. The van der Waals surface area contributed by atoms with Crippen LogP contribution in [0.1, 0.15) is 19.3 Å². The van der Waals surface area contributed by atoms with Gasteiger partial charge in [0.1, 0.15) is 11.6 Å². The Hall–Kier alpha value is -1.98. The maximum absolute atomic E-state index is 13.4. The molecule has 1 amide bonds. The molecule has 1 saturated carbocycles. The molecule has 1 aliphatic carbocycles. The lowest BCUT2D eigenvalue weighted by atomic mass is 9.95. The number of carboxylic acids is 1. The van der Waals surface area contributed by atoms with E-state index in [0.717, 1.165) is 18.2 Å². The number of aliphatic carboxylic acids is 1. The van der Waals surface area contributed by atoms with Crippen molar-refractivity contribution in [2.24, 2.45) is 11.8 Å². The first kappa shape index (κ1) is 13.5. The van der Waals surface area contributed by atoms with Gasteiger partial charge < -0.3 is 10.4 Å². The van der Waals surface area contributed by atoms with Crippen LogP contribution >= 0.6 is 0 Å². The molecule has 19 heavy (non-hydrogen) atoms. The summed E-state index contributed by atoms with van der Waals surface area (Å²) in [7, 11) is 0. The van der Waals surface area contributed by atoms with Gasteiger partial charge in [-0.05, 0) is 25.0 Å². The van der Waals surface area contributed by atoms with Crippen molar-refractivity contribution in [1.82, 2.24) is 0 Å². The fraction of sp³-hybridized carbons (Fsp3) is 0.385. The molecule has 1 aliphatic rings. The normalized spacial score (nSPS) is 22.2. The second kappa shape index (κ2) is 5.34. The third-order valence-electron chi connectivity index (χ3n) is 3.36. The maximum Gasteiger partial charge on any atom is 0.307 e. The minimum Gasteiger partial charge on any atom is -0.481 e. The summed E-state index contributed by atoms with van der Waals surface area (Å²) >= 11 is 0. The van der Waals surface area contributed by atoms with E-state index in [0.29, 0.717) is 19.3 Å². The Balaban J connectivity index is 2.12. The Morgan fingerprint density at radius 1 is 1.21 bits per heavy atom. The number of carboxylic acid groups (broad SMARTS) is 1. The fourth-order valence-corrected chi connectivity index (χ4v) is 2.39. The number of hydrogen-bond donors (Lipinski definition) is 2. The van der Waals surface area contributed by atoms with Crippen molar-refractivity contribution in [2.45, 2.75) is 19.3 Å². The Morgan fingerprint density at radius 2 is 1.89 bits per heavy atom. The second-order valence-corrected chi connectivity index (χ2v) is 4.60. The number of hydrogen-bond acceptors (Lipinski definition) is 2. The number of benzene rings is 1. The van der Waals surface area contributed by atoms with Crippen molar-refractivity contribution in [3.8, 4) is 0 Å². The Morgan fingerprint density at radius 3 is 2.58 bits per heavy atom. The smallest absolute Gasteiger partial charge is 0.307 e. The summed E-state index contributed by atoms with van der Waals surface area (Å²) in [5.74, 6) is -4.47. The molecule has 0 bridgehead atoms. The van der Waals surface area contributed by atoms with Crippen LogP contribution in [0.25, 0.3) is 0 Å². The van der Waals surface area contributed by atoms with E-state index in [2.05, 4.69) is 5.32 Å². The molecule has 0 heterocycles. The van der Waals surface area contributed by atoms with Crippen molar-refractivity contribution in [3.63, 3.8) is 0 Å². The molecule has 2 rings (SSSR count). The highest BCUT2D eigenvalue weighted by molar-refractivity contribution is 5.95. The van der Waals surface area contributed by atoms with Gasteiger partial charge in [-0.2, -0.15) is 0 Å². The molecule has 0 aromatic heterocycles. The summed E-state index contributed by atoms with van der Waals surface area (Å²) < 4.78 is 26.3. The monoisotopic (exact) mass is 269 g/mol. The van der Waals surface area contributed by atoms with Crippen molar-refractivity contribution in [2.75, 3.05) is 5.32 Å². The fourth-order valence-electron chi connectivity index (χ4n) is 2.39. The van der Waals surface area contributed by atoms with Crippen LogP contribution in [-0.2, 0) is 9.59 Å². The highest BCUT2D eigenvalue weighted by atomic mass is 19.1. The largest absolute Gasteiger partial charge is 0.481 e. The van der Waals surface area contributed by atoms with E-state index in [-0.39, 0.29) is 5.69 Å². The Labute approximate surface area is 108 Å². The molecule has 2 N–H and O–H groups in total. The van der Waals surface area contributed by atoms with Crippen molar-refractivity contribution >= 4 is 17.6 Å². The van der Waals surface area contributed by atoms with Crippen LogP contribution in [-0.4, -0.2) is 17.0 Å². The predicted octanol–water partition coefficient (Wildman–Crippen LogP) is 2.40. The van der Waals surface area contributed by atoms with Gasteiger partial charge in [-0.1, -0.05) is 6.42 Å². The summed E-state index contributed by atoms with van der Waals surface area (Å²) in [5.41, 5.74) is -0.263. The van der Waals surface area contributed by atoms with Crippen molar-refractivity contribution in [1.29, 1.82) is 0 Å². The third kappa shape index (κ3) is 2.89. The Bertz CT molecular complexity index is 519. The van der Waals surface area contributed by atoms with Gasteiger partial charge in [-0.15, -0.1) is 0 Å². The summed E-state index contributed by atoms with van der Waals surface area (Å²) in [6.45, 7) is 0. The van der Waals surface area contributed by atoms with Gasteiger partial charge in [0, 0.05) is 6.07 Å². The number of halogens is 2. The minimum absolute atomic E-state index is 0.263. The van der Waals surface area contributed by atoms with E-state index in [1.807, 2.05) is 0 Å². The Kier molecular flexibility index (Phi) is 3.78. The number of anilines is 1. The quantitative estimate of drug-likeness (QED) is 0.885. The molecule has 4 nitrogen and oxygen atoms in total. The van der Waals surface area contributed by atoms with Gasteiger partial charge in [-0.3, -0.25) is 9.59 Å². The van der Waals surface area contributed by atoms with E-state index >= 15 is 0 Å². The van der Waals surface area contributed by atoms with Gasteiger partial charge >= 0.3 is 5.97 Å². The molecule has 0 saturated heterocycles. The molecule has 1 aromatic rings. The van der Waals surface area contributed by atoms with Crippen molar-refractivity contribution < 1.29 is 23.5 Å². The molecule has 0 spiro atoms. The number of carbonyl (C=O) groups excluding carboxylic acids is 1. The number of nitrogens with one attached hydrogen (secondary N) is 1. The van der Waals surface area contributed by atoms with Crippen molar-refractivity contribution in [3.05, 3.63) is 29.8 Å². The molecule has 102 valence electrons. The molecule has 2 unspecified atom stereocenters. The first-order valence-electron chi connectivity index (χ1n) is 5.98. The molecular formula is C13H13F2NO3. The molecule has 6 heteroatoms. The lowest BCUT2D eigenvalue weighted by Gasteiger charge is -2.15. The van der Waals surface area contributed by atoms with E-state index in [1.54, 1.807) is 0 Å². The number of rotatable bonds is 3. The van der Waals surface area contributed by atoms with Crippen LogP contribution in [0.5, 0.6) is 0 Å². The van der Waals surface area contributed by atoms with Crippen LogP contribution in [0, 0.1) is 23.5 Å². The van der Waals surface area contributed by atoms with E-state index in [4.69, 9.17) is 5.11 Å². The summed E-state index contributed by atoms with van der Waals surface area (Å²) in [4.78, 5) is 22.9. The molecular weight excluding hydrogens is 256 g/mol. The number of amides is 1. The topological polar surface area (TPSA) is 66.4 Å². The number of carbonyl (C=O) groups is 2.